The minimum Gasteiger partial charge on any atom is -0.311 e. The molecule has 0 radical (unpaired) electrons. The van der Waals surface area contributed by atoms with Crippen LogP contribution in [0.2, 0.25) is 0 Å². The molecule has 1 heterocycles. The van der Waals surface area contributed by atoms with E-state index in [1.165, 1.54) is 4.31 Å². The second-order valence-electron chi connectivity index (χ2n) is 5.18. The number of nitrogens with zero attached hydrogens (tertiary/aromatic N) is 1. The van der Waals surface area contributed by atoms with Crippen molar-refractivity contribution in [3.05, 3.63) is 0 Å². The maximum absolute atomic E-state index is 12.2. The summed E-state index contributed by atoms with van der Waals surface area (Å²) in [4.78, 5) is 0. The Labute approximate surface area is 118 Å². The molecule has 4 nitrogen and oxygen atoms in total. The fraction of sp³-hybridized carbons (Fsp3) is 1.00. The van der Waals surface area contributed by atoms with E-state index in [4.69, 9.17) is 0 Å². The average molecular weight is 316 g/mol. The molecule has 0 amide bonds. The Kier molecular flexibility index (Phi) is 6.27. The van der Waals surface area contributed by atoms with Crippen molar-refractivity contribution in [1.82, 2.24) is 9.62 Å². The third-order valence-corrected chi connectivity index (χ3v) is 5.60. The van der Waals surface area contributed by atoms with Gasteiger partial charge in [0.25, 0.3) is 0 Å². The van der Waals surface area contributed by atoms with Crippen LogP contribution in [0.1, 0.15) is 39.5 Å². The Bertz CT molecular complexity index is 398. The Hall–Kier alpha value is -0.340. The topological polar surface area (TPSA) is 49.4 Å². The summed E-state index contributed by atoms with van der Waals surface area (Å²) in [6.07, 6.45) is -4.27. The van der Waals surface area contributed by atoms with Crippen molar-refractivity contribution in [1.29, 1.82) is 0 Å². The van der Waals surface area contributed by atoms with E-state index in [0.717, 1.165) is 6.42 Å². The standard InChI is InChI=1S/C12H23F3N2O2S/c1-3-10-9-17(11(4-2)8-16-10)20(18,19)7-5-6-12(13,14)15/h10-11,16H,3-9H2,1-2H3. The molecule has 0 aromatic carbocycles. The average Bonchev–Trinajstić information content (AvgIpc) is 2.36. The normalized spacial score (nSPS) is 25.9. The molecular weight excluding hydrogens is 293 g/mol. The highest BCUT2D eigenvalue weighted by atomic mass is 32.2. The first-order chi connectivity index (χ1) is 9.19. The predicted molar refractivity (Wildman–Crippen MR) is 71.9 cm³/mol. The first-order valence-electron chi connectivity index (χ1n) is 6.99. The fourth-order valence-electron chi connectivity index (χ4n) is 2.37. The van der Waals surface area contributed by atoms with Gasteiger partial charge >= 0.3 is 6.18 Å². The zero-order valence-electron chi connectivity index (χ0n) is 11.9. The second-order valence-corrected chi connectivity index (χ2v) is 7.22. The molecule has 0 bridgehead atoms. The number of alkyl halides is 3. The number of halogens is 3. The van der Waals surface area contributed by atoms with Crippen LogP contribution in [0.5, 0.6) is 0 Å². The molecule has 1 N–H and O–H groups in total. The van der Waals surface area contributed by atoms with Crippen LogP contribution in [-0.2, 0) is 10.0 Å². The molecule has 0 spiro atoms. The van der Waals surface area contributed by atoms with Crippen molar-refractivity contribution in [3.8, 4) is 0 Å². The molecule has 1 saturated heterocycles. The van der Waals surface area contributed by atoms with Crippen LogP contribution in [0, 0.1) is 0 Å². The molecule has 120 valence electrons. The third-order valence-electron chi connectivity index (χ3n) is 3.63. The van der Waals surface area contributed by atoms with Gasteiger partial charge in [0.05, 0.1) is 5.75 Å². The lowest BCUT2D eigenvalue weighted by Crippen LogP contribution is -2.58. The molecule has 1 rings (SSSR count). The van der Waals surface area contributed by atoms with Gasteiger partial charge in [-0.1, -0.05) is 13.8 Å². The van der Waals surface area contributed by atoms with Gasteiger partial charge in [-0.15, -0.1) is 0 Å². The van der Waals surface area contributed by atoms with Gasteiger partial charge in [-0.2, -0.15) is 17.5 Å². The minimum absolute atomic E-state index is 0.0789. The molecular formula is C12H23F3N2O2S. The van der Waals surface area contributed by atoms with Crippen molar-refractivity contribution in [3.63, 3.8) is 0 Å². The second kappa shape index (κ2) is 7.09. The van der Waals surface area contributed by atoms with Crippen molar-refractivity contribution >= 4 is 10.0 Å². The zero-order chi connectivity index (χ0) is 15.4. The highest BCUT2D eigenvalue weighted by Crippen LogP contribution is 2.23. The lowest BCUT2D eigenvalue weighted by atomic mass is 10.1. The number of sulfonamides is 1. The van der Waals surface area contributed by atoms with E-state index in [1.54, 1.807) is 0 Å². The number of piperazine rings is 1. The predicted octanol–water partition coefficient (Wildman–Crippen LogP) is 2.12. The summed E-state index contributed by atoms with van der Waals surface area (Å²) in [5.41, 5.74) is 0. The van der Waals surface area contributed by atoms with E-state index in [0.29, 0.717) is 19.5 Å². The maximum Gasteiger partial charge on any atom is 0.389 e. The first-order valence-corrected chi connectivity index (χ1v) is 8.60. The molecule has 0 saturated carbocycles. The van der Waals surface area contributed by atoms with Gasteiger partial charge in [0, 0.05) is 31.6 Å². The van der Waals surface area contributed by atoms with Crippen LogP contribution in [0.4, 0.5) is 13.2 Å². The van der Waals surface area contributed by atoms with Crippen LogP contribution in [-0.4, -0.2) is 49.8 Å². The van der Waals surface area contributed by atoms with Gasteiger partial charge in [0.1, 0.15) is 0 Å². The Morgan fingerprint density at radius 1 is 1.25 bits per heavy atom. The van der Waals surface area contributed by atoms with Crippen LogP contribution < -0.4 is 5.32 Å². The van der Waals surface area contributed by atoms with Crippen LogP contribution >= 0.6 is 0 Å². The van der Waals surface area contributed by atoms with Crippen LogP contribution in [0.15, 0.2) is 0 Å². The Morgan fingerprint density at radius 3 is 2.40 bits per heavy atom. The summed E-state index contributed by atoms with van der Waals surface area (Å²) in [5, 5.41) is 3.27. The molecule has 0 aliphatic carbocycles. The van der Waals surface area contributed by atoms with Crippen molar-refractivity contribution in [2.75, 3.05) is 18.8 Å². The molecule has 2 atom stereocenters. The highest BCUT2D eigenvalue weighted by Gasteiger charge is 2.35. The van der Waals surface area contributed by atoms with Crippen molar-refractivity contribution in [2.45, 2.75) is 57.8 Å². The van der Waals surface area contributed by atoms with Gasteiger partial charge in [-0.05, 0) is 19.3 Å². The molecule has 8 heteroatoms. The first kappa shape index (κ1) is 17.7. The summed E-state index contributed by atoms with van der Waals surface area (Å²) in [6.45, 7) is 4.76. The molecule has 0 aromatic rings. The Morgan fingerprint density at radius 2 is 1.90 bits per heavy atom. The summed E-state index contributed by atoms with van der Waals surface area (Å²) in [5.74, 6) is -0.431. The van der Waals surface area contributed by atoms with E-state index in [9.17, 15) is 21.6 Å². The van der Waals surface area contributed by atoms with E-state index >= 15 is 0 Å². The number of rotatable bonds is 6. The van der Waals surface area contributed by atoms with E-state index in [2.05, 4.69) is 5.32 Å². The summed E-state index contributed by atoms with van der Waals surface area (Å²) in [6, 6.07) is -0.0797. The van der Waals surface area contributed by atoms with E-state index in [-0.39, 0.29) is 18.5 Å². The van der Waals surface area contributed by atoms with Gasteiger partial charge in [-0.25, -0.2) is 8.42 Å². The van der Waals surface area contributed by atoms with Crippen molar-refractivity contribution < 1.29 is 21.6 Å². The van der Waals surface area contributed by atoms with Crippen LogP contribution in [0.25, 0.3) is 0 Å². The monoisotopic (exact) mass is 316 g/mol. The number of hydrogen-bond acceptors (Lipinski definition) is 3. The lowest BCUT2D eigenvalue weighted by molar-refractivity contribution is -0.134. The third kappa shape index (κ3) is 5.21. The molecule has 2 unspecified atom stereocenters. The van der Waals surface area contributed by atoms with Gasteiger partial charge in [-0.3, -0.25) is 0 Å². The molecule has 0 aromatic heterocycles. The summed E-state index contributed by atoms with van der Waals surface area (Å²) in [7, 11) is -3.62. The quantitative estimate of drug-likeness (QED) is 0.816. The fourth-order valence-corrected chi connectivity index (χ4v) is 4.20. The van der Waals surface area contributed by atoms with Gasteiger partial charge in [0.15, 0.2) is 0 Å². The zero-order valence-corrected chi connectivity index (χ0v) is 12.7. The number of nitrogens with one attached hydrogen (secondary N) is 1. The minimum atomic E-state index is -4.30. The Balaban J connectivity index is 2.67. The lowest BCUT2D eigenvalue weighted by Gasteiger charge is -2.39. The number of hydrogen-bond donors (Lipinski definition) is 1. The summed E-state index contributed by atoms with van der Waals surface area (Å²) < 4.78 is 62.2. The van der Waals surface area contributed by atoms with Gasteiger partial charge < -0.3 is 5.32 Å². The molecule has 1 fully saturated rings. The smallest absolute Gasteiger partial charge is 0.311 e. The van der Waals surface area contributed by atoms with E-state index < -0.39 is 28.4 Å². The molecule has 20 heavy (non-hydrogen) atoms. The summed E-state index contributed by atoms with van der Waals surface area (Å²) >= 11 is 0. The highest BCUT2D eigenvalue weighted by molar-refractivity contribution is 7.89. The molecule has 1 aliphatic rings. The van der Waals surface area contributed by atoms with Crippen molar-refractivity contribution in [2.24, 2.45) is 0 Å². The van der Waals surface area contributed by atoms with E-state index in [1.807, 2.05) is 13.8 Å². The molecule has 1 aliphatic heterocycles. The SMILES string of the molecule is CCC1CN(S(=O)(=O)CCCC(F)(F)F)C(CC)CN1. The largest absolute Gasteiger partial charge is 0.389 e. The van der Waals surface area contributed by atoms with Gasteiger partial charge in [0.2, 0.25) is 10.0 Å². The van der Waals surface area contributed by atoms with Crippen LogP contribution in [0.3, 0.4) is 0 Å². The maximum atomic E-state index is 12.2.